The van der Waals surface area contributed by atoms with Crippen molar-refractivity contribution < 1.29 is 28.6 Å². The topological polar surface area (TPSA) is 78.9 Å². The summed E-state index contributed by atoms with van der Waals surface area (Å²) in [5.41, 5.74) is 0. The van der Waals surface area contributed by atoms with Crippen LogP contribution in [0.2, 0.25) is 0 Å². The van der Waals surface area contributed by atoms with Crippen molar-refractivity contribution in [2.75, 3.05) is 13.2 Å². The van der Waals surface area contributed by atoms with Crippen molar-refractivity contribution in [2.45, 2.75) is 406 Å². The van der Waals surface area contributed by atoms with Crippen LogP contribution in [-0.2, 0) is 28.6 Å². The van der Waals surface area contributed by atoms with Crippen LogP contribution in [0, 0.1) is 0 Å². The minimum absolute atomic E-state index is 0.0707. The van der Waals surface area contributed by atoms with Crippen molar-refractivity contribution in [1.29, 1.82) is 0 Å². The third-order valence-electron chi connectivity index (χ3n) is 16.6. The van der Waals surface area contributed by atoms with E-state index in [1.54, 1.807) is 0 Å². The summed E-state index contributed by atoms with van der Waals surface area (Å²) in [5, 5.41) is 0. The van der Waals surface area contributed by atoms with Gasteiger partial charge in [-0.2, -0.15) is 0 Å². The fraction of sp³-hybridized carbons (Fsp3) is 0.855. The molecule has 82 heavy (non-hydrogen) atoms. The molecule has 0 bridgehead atoms. The molecule has 0 spiro atoms. The Balaban J connectivity index is 4.32. The molecule has 0 heterocycles. The maximum atomic E-state index is 13.0. The van der Waals surface area contributed by atoms with Gasteiger partial charge in [0.1, 0.15) is 13.2 Å². The van der Waals surface area contributed by atoms with Crippen molar-refractivity contribution in [1.82, 2.24) is 0 Å². The normalized spacial score (nSPS) is 12.3. The molecule has 6 heteroatoms. The second-order valence-corrected chi connectivity index (χ2v) is 24.9. The Kier molecular flexibility index (Phi) is 68.6. The third-order valence-corrected chi connectivity index (χ3v) is 16.6. The predicted molar refractivity (Wildman–Crippen MR) is 358 cm³/mol. The molecule has 0 N–H and O–H groups in total. The van der Waals surface area contributed by atoms with Crippen molar-refractivity contribution in [3.05, 3.63) is 48.6 Å². The standard InChI is InChI=1S/C76H140O6/c1-4-7-10-13-16-19-22-25-28-31-34-36-37-38-39-40-43-45-48-51-54-57-60-63-66-69-75(78)81-72-73(71-80-74(77)68-65-62-59-56-53-50-47-44-41-33-30-27-24-21-18-15-12-9-6-3)82-76(79)70-67-64-61-58-55-52-49-46-42-35-32-29-26-23-20-17-14-11-8-5-2/h22,25,27,30-31,34,37-38,73H,4-21,23-24,26,28-29,32-33,35-36,39-72H2,1-3H3/b25-22-,30-27-,34-31-,38-37-. The maximum absolute atomic E-state index is 13.0. The number of hydrogen-bond donors (Lipinski definition) is 0. The van der Waals surface area contributed by atoms with Gasteiger partial charge >= 0.3 is 17.9 Å². The predicted octanol–water partition coefficient (Wildman–Crippen LogP) is 25.3. The molecule has 0 aliphatic carbocycles. The molecule has 0 radical (unpaired) electrons. The summed E-state index contributed by atoms with van der Waals surface area (Å²) in [6.45, 7) is 6.70. The average Bonchev–Trinajstić information content (AvgIpc) is 3.47. The number of carbonyl (C=O) groups excluding carboxylic acids is 3. The molecule has 1 atom stereocenters. The Morgan fingerprint density at radius 1 is 0.244 bits per heavy atom. The van der Waals surface area contributed by atoms with Gasteiger partial charge < -0.3 is 14.2 Å². The van der Waals surface area contributed by atoms with Gasteiger partial charge in [0.2, 0.25) is 0 Å². The zero-order valence-electron chi connectivity index (χ0n) is 55.3. The van der Waals surface area contributed by atoms with Crippen molar-refractivity contribution >= 4 is 17.9 Å². The summed E-state index contributed by atoms with van der Waals surface area (Å²) in [7, 11) is 0. The van der Waals surface area contributed by atoms with E-state index in [9.17, 15) is 14.4 Å². The number of allylic oxidation sites excluding steroid dienone is 8. The van der Waals surface area contributed by atoms with Crippen molar-refractivity contribution in [3.63, 3.8) is 0 Å². The number of esters is 3. The summed E-state index contributed by atoms with van der Waals surface area (Å²) in [6, 6.07) is 0. The molecular formula is C76H140O6. The van der Waals surface area contributed by atoms with Gasteiger partial charge in [-0.15, -0.1) is 0 Å². The van der Waals surface area contributed by atoms with Gasteiger partial charge in [0.15, 0.2) is 6.10 Å². The molecule has 1 unspecified atom stereocenters. The molecule has 0 saturated carbocycles. The van der Waals surface area contributed by atoms with E-state index < -0.39 is 6.10 Å². The Morgan fingerprint density at radius 2 is 0.439 bits per heavy atom. The average molecular weight is 1150 g/mol. The molecule has 6 nitrogen and oxygen atoms in total. The Morgan fingerprint density at radius 3 is 0.695 bits per heavy atom. The SMILES string of the molecule is CCCCCCC/C=C\C/C=C\C/C=C\CCCCCCCCCCCCC(=O)OCC(COC(=O)CCCCCCCCCCC/C=C\CCCCCCCC)OC(=O)CCCCCCCCCCCCCCCCCCCCCC. The van der Waals surface area contributed by atoms with E-state index in [1.807, 2.05) is 0 Å². The van der Waals surface area contributed by atoms with E-state index >= 15 is 0 Å². The zero-order valence-corrected chi connectivity index (χ0v) is 55.3. The van der Waals surface area contributed by atoms with E-state index in [1.165, 1.54) is 289 Å². The van der Waals surface area contributed by atoms with E-state index in [0.717, 1.165) is 70.6 Å². The van der Waals surface area contributed by atoms with Crippen LogP contribution in [0.15, 0.2) is 48.6 Å². The lowest BCUT2D eigenvalue weighted by molar-refractivity contribution is -0.167. The van der Waals surface area contributed by atoms with Crippen LogP contribution in [0.4, 0.5) is 0 Å². The lowest BCUT2D eigenvalue weighted by Crippen LogP contribution is -2.30. The fourth-order valence-electron chi connectivity index (χ4n) is 11.0. The zero-order chi connectivity index (χ0) is 59.2. The molecule has 0 aromatic carbocycles. The highest BCUT2D eigenvalue weighted by atomic mass is 16.6. The molecule has 0 aromatic heterocycles. The van der Waals surface area contributed by atoms with Crippen LogP contribution < -0.4 is 0 Å². The minimum atomic E-state index is -0.775. The number of rotatable bonds is 68. The lowest BCUT2D eigenvalue weighted by atomic mass is 10.0. The summed E-state index contributed by atoms with van der Waals surface area (Å²) in [6.07, 6.45) is 89.9. The Hall–Kier alpha value is -2.63. The van der Waals surface area contributed by atoms with Gasteiger partial charge in [-0.05, 0) is 83.5 Å². The van der Waals surface area contributed by atoms with E-state index in [0.29, 0.717) is 19.3 Å². The van der Waals surface area contributed by atoms with E-state index in [4.69, 9.17) is 14.2 Å². The van der Waals surface area contributed by atoms with Crippen LogP contribution in [0.1, 0.15) is 400 Å². The lowest BCUT2D eigenvalue weighted by Gasteiger charge is -2.18. The largest absolute Gasteiger partial charge is 0.462 e. The molecular weight excluding hydrogens is 1010 g/mol. The summed E-state index contributed by atoms with van der Waals surface area (Å²) in [5.74, 6) is -0.846. The van der Waals surface area contributed by atoms with Crippen LogP contribution in [0.3, 0.4) is 0 Å². The number of carbonyl (C=O) groups is 3. The van der Waals surface area contributed by atoms with Crippen molar-refractivity contribution in [3.8, 4) is 0 Å². The van der Waals surface area contributed by atoms with Crippen LogP contribution in [0.5, 0.6) is 0 Å². The van der Waals surface area contributed by atoms with E-state index in [-0.39, 0.29) is 31.1 Å². The summed E-state index contributed by atoms with van der Waals surface area (Å²) < 4.78 is 17.0. The molecule has 0 aliphatic heterocycles. The quantitative estimate of drug-likeness (QED) is 0.0261. The molecule has 0 rings (SSSR count). The second kappa shape index (κ2) is 70.9. The number of unbranched alkanes of at least 4 members (excludes halogenated alkanes) is 49. The minimum Gasteiger partial charge on any atom is -0.462 e. The summed E-state index contributed by atoms with van der Waals surface area (Å²) >= 11 is 0. The second-order valence-electron chi connectivity index (χ2n) is 24.9. The van der Waals surface area contributed by atoms with E-state index in [2.05, 4.69) is 69.4 Å². The Bertz CT molecular complexity index is 1410. The highest BCUT2D eigenvalue weighted by molar-refractivity contribution is 5.71. The van der Waals surface area contributed by atoms with Crippen LogP contribution >= 0.6 is 0 Å². The maximum Gasteiger partial charge on any atom is 0.306 e. The third kappa shape index (κ3) is 68.2. The van der Waals surface area contributed by atoms with Gasteiger partial charge in [-0.1, -0.05) is 345 Å². The molecule has 480 valence electrons. The highest BCUT2D eigenvalue weighted by Crippen LogP contribution is 2.18. The highest BCUT2D eigenvalue weighted by Gasteiger charge is 2.19. The first-order valence-corrected chi connectivity index (χ1v) is 36.6. The number of hydrogen-bond acceptors (Lipinski definition) is 6. The monoisotopic (exact) mass is 1150 g/mol. The molecule has 0 fully saturated rings. The van der Waals surface area contributed by atoms with Gasteiger partial charge in [-0.3, -0.25) is 14.4 Å². The number of ether oxygens (including phenoxy) is 3. The molecule has 0 amide bonds. The first kappa shape index (κ1) is 79.4. The van der Waals surface area contributed by atoms with Gasteiger partial charge in [0.25, 0.3) is 0 Å². The molecule has 0 aliphatic rings. The smallest absolute Gasteiger partial charge is 0.306 e. The van der Waals surface area contributed by atoms with Crippen LogP contribution in [0.25, 0.3) is 0 Å². The first-order valence-electron chi connectivity index (χ1n) is 36.6. The van der Waals surface area contributed by atoms with Gasteiger partial charge in [0, 0.05) is 19.3 Å². The van der Waals surface area contributed by atoms with Gasteiger partial charge in [-0.25, -0.2) is 0 Å². The fourth-order valence-corrected chi connectivity index (χ4v) is 11.0. The van der Waals surface area contributed by atoms with Gasteiger partial charge in [0.05, 0.1) is 0 Å². The molecule has 0 saturated heterocycles. The summed E-state index contributed by atoms with van der Waals surface area (Å²) in [4.78, 5) is 38.5. The van der Waals surface area contributed by atoms with Crippen molar-refractivity contribution in [2.24, 2.45) is 0 Å². The molecule has 0 aromatic rings. The Labute approximate surface area is 511 Å². The first-order chi connectivity index (χ1) is 40.5. The van der Waals surface area contributed by atoms with Crippen LogP contribution in [-0.4, -0.2) is 37.2 Å².